The van der Waals surface area contributed by atoms with E-state index in [1.54, 1.807) is 31.2 Å². The molecule has 0 saturated carbocycles. The summed E-state index contributed by atoms with van der Waals surface area (Å²) < 4.78 is 59.7. The van der Waals surface area contributed by atoms with E-state index in [0.29, 0.717) is 11.3 Å². The molecule has 8 nitrogen and oxygen atoms in total. The molecule has 0 spiro atoms. The fourth-order valence-electron chi connectivity index (χ4n) is 2.83. The van der Waals surface area contributed by atoms with E-state index in [9.17, 15) is 31.5 Å². The number of halogens is 3. The summed E-state index contributed by atoms with van der Waals surface area (Å²) in [5, 5.41) is 16.7. The highest BCUT2D eigenvalue weighted by Crippen LogP contribution is 2.27. The number of alkyl halides is 3. The Morgan fingerprint density at radius 1 is 1.06 bits per heavy atom. The molecule has 0 fully saturated rings. The molecule has 3 N–H and O–H groups in total. The summed E-state index contributed by atoms with van der Waals surface area (Å²) in [5.74, 6) is -3.85. The molecule has 12 heteroatoms. The monoisotopic (exact) mass is 504 g/mol. The molecule has 0 amide bonds. The molecule has 0 aliphatic carbocycles. The Kier molecular flexibility index (Phi) is 9.92. The van der Waals surface area contributed by atoms with Crippen molar-refractivity contribution in [1.82, 2.24) is 0 Å². The first kappa shape index (κ1) is 28.8. The molecule has 2 rings (SSSR count). The minimum Gasteiger partial charge on any atom is -0.478 e. The Balaban J connectivity index is 0.000000718. The average molecular weight is 505 g/mol. The van der Waals surface area contributed by atoms with Gasteiger partial charge < -0.3 is 15.1 Å². The van der Waals surface area contributed by atoms with Crippen molar-refractivity contribution in [3.05, 3.63) is 53.1 Å². The number of benzene rings is 2. The van der Waals surface area contributed by atoms with Gasteiger partial charge in [-0.3, -0.25) is 4.72 Å². The molecule has 0 atom stereocenters. The number of aryl methyl sites for hydroxylation is 2. The van der Waals surface area contributed by atoms with E-state index < -0.39 is 28.1 Å². The molecule has 0 heterocycles. The van der Waals surface area contributed by atoms with E-state index in [4.69, 9.17) is 9.90 Å². The number of carboxylic acid groups (broad SMARTS) is 2. The van der Waals surface area contributed by atoms with Crippen LogP contribution in [-0.2, 0) is 14.8 Å². The number of rotatable bonds is 8. The van der Waals surface area contributed by atoms with E-state index in [1.807, 2.05) is 24.9 Å². The predicted molar refractivity (Wildman–Crippen MR) is 122 cm³/mol. The number of carbonyl (C=O) groups is 2. The van der Waals surface area contributed by atoms with E-state index >= 15 is 0 Å². The van der Waals surface area contributed by atoms with Gasteiger partial charge in [-0.1, -0.05) is 25.5 Å². The van der Waals surface area contributed by atoms with Crippen LogP contribution in [0.5, 0.6) is 0 Å². The Morgan fingerprint density at radius 3 is 2.15 bits per heavy atom. The second-order valence-corrected chi connectivity index (χ2v) is 9.14. The summed E-state index contributed by atoms with van der Waals surface area (Å²) in [7, 11) is -1.98. The third-order valence-corrected chi connectivity index (χ3v) is 6.14. The number of unbranched alkanes of at least 4 members (excludes halogenated alkanes) is 1. The molecule has 0 saturated heterocycles. The predicted octanol–water partition coefficient (Wildman–Crippen LogP) is 4.67. The second kappa shape index (κ2) is 11.7. The van der Waals surface area contributed by atoms with Gasteiger partial charge in [-0.2, -0.15) is 13.2 Å². The number of aromatic carboxylic acids is 1. The summed E-state index contributed by atoms with van der Waals surface area (Å²) in [4.78, 5) is 22.6. The lowest BCUT2D eigenvalue weighted by Gasteiger charge is -2.22. The molecule has 0 aliphatic heterocycles. The molecule has 34 heavy (non-hydrogen) atoms. The molecule has 0 unspecified atom stereocenters. The van der Waals surface area contributed by atoms with Crippen LogP contribution >= 0.6 is 0 Å². The van der Waals surface area contributed by atoms with Crippen molar-refractivity contribution >= 4 is 33.3 Å². The number of hydrogen-bond donors (Lipinski definition) is 3. The standard InChI is InChI=1S/C20H26N2O4S.C2HF3O2/c1-5-6-11-22(4)18-10-9-16(13-17(18)20(23)24)21-27(25,26)19-12-14(2)7-8-15(19)3;3-2(4,5)1(6)7/h7-10,12-13,21H,5-6,11H2,1-4H3,(H,23,24);(H,6,7). The van der Waals surface area contributed by atoms with Crippen molar-refractivity contribution in [3.8, 4) is 0 Å². The van der Waals surface area contributed by atoms with Crippen molar-refractivity contribution in [2.75, 3.05) is 23.2 Å². The topological polar surface area (TPSA) is 124 Å². The van der Waals surface area contributed by atoms with Gasteiger partial charge in [0.05, 0.1) is 16.1 Å². The summed E-state index contributed by atoms with van der Waals surface area (Å²) in [5.41, 5.74) is 2.31. The largest absolute Gasteiger partial charge is 0.490 e. The van der Waals surface area contributed by atoms with Gasteiger partial charge in [0.15, 0.2) is 0 Å². The van der Waals surface area contributed by atoms with Gasteiger partial charge >= 0.3 is 18.1 Å². The minimum atomic E-state index is -5.08. The van der Waals surface area contributed by atoms with Crippen LogP contribution in [0.2, 0.25) is 0 Å². The van der Waals surface area contributed by atoms with Gasteiger partial charge in [-0.25, -0.2) is 18.0 Å². The van der Waals surface area contributed by atoms with Crippen LogP contribution in [0.1, 0.15) is 41.3 Å². The Labute approximate surface area is 196 Å². The Hall–Kier alpha value is -3.28. The highest BCUT2D eigenvalue weighted by Gasteiger charge is 2.38. The molecule has 2 aromatic rings. The molecule has 0 aliphatic rings. The van der Waals surface area contributed by atoms with Gasteiger partial charge in [0.25, 0.3) is 10.0 Å². The molecule has 0 aromatic heterocycles. The van der Waals surface area contributed by atoms with Gasteiger partial charge in [0.1, 0.15) is 0 Å². The first-order valence-corrected chi connectivity index (χ1v) is 11.6. The summed E-state index contributed by atoms with van der Waals surface area (Å²) >= 11 is 0. The lowest BCUT2D eigenvalue weighted by molar-refractivity contribution is -0.192. The minimum absolute atomic E-state index is 0.0646. The molecule has 188 valence electrons. The summed E-state index contributed by atoms with van der Waals surface area (Å²) in [6, 6.07) is 9.79. The van der Waals surface area contributed by atoms with E-state index in [2.05, 4.69) is 11.6 Å². The van der Waals surface area contributed by atoms with Crippen LogP contribution in [0.3, 0.4) is 0 Å². The fraction of sp³-hybridized carbons (Fsp3) is 0.364. The van der Waals surface area contributed by atoms with Crippen LogP contribution in [0, 0.1) is 13.8 Å². The average Bonchev–Trinajstić information content (AvgIpc) is 2.73. The zero-order chi connectivity index (χ0) is 26.3. The first-order valence-electron chi connectivity index (χ1n) is 10.1. The zero-order valence-electron chi connectivity index (χ0n) is 19.1. The molecular formula is C22H27F3N2O6S. The van der Waals surface area contributed by atoms with E-state index in [0.717, 1.165) is 24.9 Å². The maximum Gasteiger partial charge on any atom is 0.490 e. The van der Waals surface area contributed by atoms with Crippen LogP contribution in [0.4, 0.5) is 24.5 Å². The van der Waals surface area contributed by atoms with Crippen molar-refractivity contribution < 1.29 is 41.4 Å². The van der Waals surface area contributed by atoms with E-state index in [1.165, 1.54) is 6.07 Å². The third-order valence-electron chi connectivity index (χ3n) is 4.61. The number of nitrogens with one attached hydrogen (secondary N) is 1. The maximum atomic E-state index is 12.7. The summed E-state index contributed by atoms with van der Waals surface area (Å²) in [6.45, 7) is 6.34. The Morgan fingerprint density at radius 2 is 1.65 bits per heavy atom. The number of carboxylic acids is 2. The van der Waals surface area contributed by atoms with Crippen molar-refractivity contribution in [2.45, 2.75) is 44.7 Å². The quantitative estimate of drug-likeness (QED) is 0.477. The highest BCUT2D eigenvalue weighted by molar-refractivity contribution is 7.92. The lowest BCUT2D eigenvalue weighted by Crippen LogP contribution is -2.21. The normalized spacial score (nSPS) is 11.3. The van der Waals surface area contributed by atoms with Crippen molar-refractivity contribution in [1.29, 1.82) is 0 Å². The fourth-order valence-corrected chi connectivity index (χ4v) is 4.21. The first-order chi connectivity index (χ1) is 15.6. The maximum absolute atomic E-state index is 12.7. The number of nitrogens with zero attached hydrogens (tertiary/aromatic N) is 1. The number of anilines is 2. The van der Waals surface area contributed by atoms with Gasteiger partial charge in [-0.05, 0) is 55.7 Å². The number of sulfonamides is 1. The number of hydrogen-bond acceptors (Lipinski definition) is 5. The summed E-state index contributed by atoms with van der Waals surface area (Å²) in [6.07, 6.45) is -3.14. The molecule has 2 aromatic carbocycles. The zero-order valence-corrected chi connectivity index (χ0v) is 19.9. The van der Waals surface area contributed by atoms with Gasteiger partial charge in [0.2, 0.25) is 0 Å². The lowest BCUT2D eigenvalue weighted by atomic mass is 10.1. The SMILES string of the molecule is CCCCN(C)c1ccc(NS(=O)(=O)c2cc(C)ccc2C)cc1C(=O)O.O=C(O)C(F)(F)F. The van der Waals surface area contributed by atoms with Crippen LogP contribution in [0.25, 0.3) is 0 Å². The molecular weight excluding hydrogens is 477 g/mol. The van der Waals surface area contributed by atoms with Crippen LogP contribution < -0.4 is 9.62 Å². The van der Waals surface area contributed by atoms with Crippen molar-refractivity contribution in [2.24, 2.45) is 0 Å². The van der Waals surface area contributed by atoms with Crippen LogP contribution in [-0.4, -0.2) is 50.3 Å². The highest BCUT2D eigenvalue weighted by atomic mass is 32.2. The van der Waals surface area contributed by atoms with Gasteiger partial charge in [0, 0.05) is 19.3 Å². The third kappa shape index (κ3) is 8.25. The van der Waals surface area contributed by atoms with Crippen LogP contribution in [0.15, 0.2) is 41.3 Å². The Bertz CT molecular complexity index is 1130. The number of aliphatic carboxylic acids is 1. The van der Waals surface area contributed by atoms with Gasteiger partial charge in [-0.15, -0.1) is 0 Å². The second-order valence-electron chi connectivity index (χ2n) is 7.49. The van der Waals surface area contributed by atoms with E-state index in [-0.39, 0.29) is 16.1 Å². The van der Waals surface area contributed by atoms with Crippen molar-refractivity contribution in [3.63, 3.8) is 0 Å². The molecule has 0 radical (unpaired) electrons. The molecule has 0 bridgehead atoms. The smallest absolute Gasteiger partial charge is 0.478 e.